The van der Waals surface area contributed by atoms with Crippen LogP contribution in [0.3, 0.4) is 0 Å². The molecular weight excluding hydrogens is 364 g/mol. The number of amides is 1. The van der Waals surface area contributed by atoms with E-state index in [1.54, 1.807) is 37.3 Å². The number of ether oxygens (including phenoxy) is 1. The molecule has 8 heteroatoms. The van der Waals surface area contributed by atoms with Gasteiger partial charge in [-0.05, 0) is 25.1 Å². The van der Waals surface area contributed by atoms with Crippen LogP contribution < -0.4 is 9.64 Å². The van der Waals surface area contributed by atoms with Gasteiger partial charge in [0.25, 0.3) is 5.91 Å². The van der Waals surface area contributed by atoms with E-state index in [-0.39, 0.29) is 11.6 Å². The smallest absolute Gasteiger partial charge is 0.297 e. The van der Waals surface area contributed by atoms with E-state index >= 15 is 0 Å². The highest BCUT2D eigenvalue weighted by molar-refractivity contribution is 6.48. The minimum atomic E-state index is -1.30. The number of Topliss-reactive ketones (excluding diaryl/α,β-unsaturated/α-hetero) is 2. The number of hydrogen-bond acceptors (Lipinski definition) is 7. The Morgan fingerprint density at radius 1 is 1.18 bits per heavy atom. The van der Waals surface area contributed by atoms with Crippen LogP contribution in [-0.4, -0.2) is 29.7 Å². The zero-order valence-electron chi connectivity index (χ0n) is 15.1. The zero-order chi connectivity index (χ0) is 19.8. The second-order valence-electron chi connectivity index (χ2n) is 6.34. The molecule has 8 nitrogen and oxygen atoms in total. The Bertz CT molecular complexity index is 1050. The van der Waals surface area contributed by atoms with Crippen molar-refractivity contribution in [1.82, 2.24) is 5.16 Å². The molecule has 1 amide bonds. The summed E-state index contributed by atoms with van der Waals surface area (Å²) in [5.74, 6) is -2.49. The summed E-state index contributed by atoms with van der Waals surface area (Å²) >= 11 is 0. The van der Waals surface area contributed by atoms with E-state index in [0.29, 0.717) is 17.1 Å². The third-order valence-electron chi connectivity index (χ3n) is 4.67. The van der Waals surface area contributed by atoms with Crippen molar-refractivity contribution in [3.8, 4) is 5.75 Å². The average molecular weight is 380 g/mol. The molecule has 28 heavy (non-hydrogen) atoms. The maximum absolute atomic E-state index is 13.1. The Labute approximate surface area is 159 Å². The van der Waals surface area contributed by atoms with E-state index in [9.17, 15) is 14.4 Å². The number of furan rings is 1. The largest absolute Gasteiger partial charge is 0.496 e. The first-order valence-corrected chi connectivity index (χ1v) is 8.54. The van der Waals surface area contributed by atoms with Crippen LogP contribution >= 0.6 is 0 Å². The molecule has 2 unspecified atom stereocenters. The van der Waals surface area contributed by atoms with Crippen LogP contribution in [0.15, 0.2) is 57.7 Å². The summed E-state index contributed by atoms with van der Waals surface area (Å²) in [4.78, 5) is 40.0. The van der Waals surface area contributed by atoms with Crippen LogP contribution in [0.2, 0.25) is 0 Å². The molecule has 0 spiro atoms. The van der Waals surface area contributed by atoms with Crippen molar-refractivity contribution < 1.29 is 28.1 Å². The van der Waals surface area contributed by atoms with Gasteiger partial charge >= 0.3 is 0 Å². The highest BCUT2D eigenvalue weighted by Gasteiger charge is 2.54. The monoisotopic (exact) mass is 380 g/mol. The molecule has 1 aliphatic rings. The second kappa shape index (κ2) is 6.80. The maximum Gasteiger partial charge on any atom is 0.297 e. The SMILES string of the molecule is COc1ccccc1C1C(C(=O)c2ccco2)C(=O)C(=O)N1c1cc(C)on1. The topological polar surface area (TPSA) is 103 Å². The first kappa shape index (κ1) is 17.7. The van der Waals surface area contributed by atoms with E-state index in [1.807, 2.05) is 0 Å². The molecule has 3 aromatic rings. The molecule has 0 bridgehead atoms. The molecule has 142 valence electrons. The lowest BCUT2D eigenvalue weighted by molar-refractivity contribution is -0.135. The molecule has 1 aliphatic heterocycles. The Kier molecular flexibility index (Phi) is 4.31. The van der Waals surface area contributed by atoms with E-state index in [4.69, 9.17) is 13.7 Å². The number of carbonyl (C=O) groups is 3. The summed E-state index contributed by atoms with van der Waals surface area (Å²) in [6.07, 6.45) is 1.34. The molecule has 0 N–H and O–H groups in total. The number of nitrogens with zero attached hydrogens (tertiary/aromatic N) is 2. The van der Waals surface area contributed by atoms with Gasteiger partial charge < -0.3 is 13.7 Å². The predicted octanol–water partition coefficient (Wildman–Crippen LogP) is 2.74. The van der Waals surface area contributed by atoms with Gasteiger partial charge in [0, 0.05) is 11.6 Å². The summed E-state index contributed by atoms with van der Waals surface area (Å²) in [6.45, 7) is 1.67. The number of anilines is 1. The van der Waals surface area contributed by atoms with Crippen LogP contribution in [0.4, 0.5) is 5.82 Å². The molecule has 2 atom stereocenters. The van der Waals surface area contributed by atoms with Gasteiger partial charge in [-0.2, -0.15) is 0 Å². The lowest BCUT2D eigenvalue weighted by atomic mass is 9.88. The normalized spacial score (nSPS) is 19.3. The fourth-order valence-electron chi connectivity index (χ4n) is 3.45. The van der Waals surface area contributed by atoms with Gasteiger partial charge in [0.05, 0.1) is 19.4 Å². The third-order valence-corrected chi connectivity index (χ3v) is 4.67. The van der Waals surface area contributed by atoms with Crippen molar-refractivity contribution in [3.05, 3.63) is 65.8 Å². The first-order chi connectivity index (χ1) is 13.5. The molecule has 1 fully saturated rings. The molecule has 0 saturated carbocycles. The molecule has 1 saturated heterocycles. The van der Waals surface area contributed by atoms with Gasteiger partial charge in [-0.1, -0.05) is 23.4 Å². The lowest BCUT2D eigenvalue weighted by Crippen LogP contribution is -2.31. The van der Waals surface area contributed by atoms with Crippen molar-refractivity contribution in [1.29, 1.82) is 0 Å². The van der Waals surface area contributed by atoms with Crippen LogP contribution in [0.1, 0.15) is 27.9 Å². The van der Waals surface area contributed by atoms with Gasteiger partial charge in [0.2, 0.25) is 11.6 Å². The Balaban J connectivity index is 1.90. The molecule has 0 radical (unpaired) electrons. The van der Waals surface area contributed by atoms with E-state index in [1.165, 1.54) is 30.4 Å². The summed E-state index contributed by atoms with van der Waals surface area (Å²) in [5, 5.41) is 3.87. The fourth-order valence-corrected chi connectivity index (χ4v) is 3.45. The minimum Gasteiger partial charge on any atom is -0.496 e. The van der Waals surface area contributed by atoms with Crippen LogP contribution in [0.25, 0.3) is 0 Å². The average Bonchev–Trinajstić information content (AvgIpc) is 3.43. The van der Waals surface area contributed by atoms with Crippen LogP contribution in [0.5, 0.6) is 5.75 Å². The number of ketones is 2. The number of rotatable bonds is 5. The van der Waals surface area contributed by atoms with Crippen molar-refractivity contribution in [2.24, 2.45) is 5.92 Å². The van der Waals surface area contributed by atoms with Gasteiger partial charge in [-0.25, -0.2) is 0 Å². The highest BCUT2D eigenvalue weighted by atomic mass is 16.5. The molecule has 0 aliphatic carbocycles. The van der Waals surface area contributed by atoms with Crippen LogP contribution in [0, 0.1) is 12.8 Å². The summed E-state index contributed by atoms with van der Waals surface area (Å²) < 4.78 is 15.7. The molecular formula is C20H16N2O6. The number of aromatic nitrogens is 1. The number of benzene rings is 1. The van der Waals surface area contributed by atoms with Crippen molar-refractivity contribution in [2.75, 3.05) is 12.0 Å². The maximum atomic E-state index is 13.1. The Morgan fingerprint density at radius 3 is 2.61 bits per heavy atom. The summed E-state index contributed by atoms with van der Waals surface area (Å²) in [5.41, 5.74) is 0.509. The molecule has 2 aromatic heterocycles. The molecule has 4 rings (SSSR count). The number of hydrogen-bond donors (Lipinski definition) is 0. The number of carbonyl (C=O) groups excluding carboxylic acids is 3. The first-order valence-electron chi connectivity index (χ1n) is 8.54. The van der Waals surface area contributed by atoms with Crippen molar-refractivity contribution in [2.45, 2.75) is 13.0 Å². The number of para-hydroxylation sites is 1. The predicted molar refractivity (Wildman–Crippen MR) is 96.0 cm³/mol. The van der Waals surface area contributed by atoms with Crippen LogP contribution in [-0.2, 0) is 9.59 Å². The van der Waals surface area contributed by atoms with Gasteiger partial charge in [0.1, 0.15) is 17.4 Å². The molecule has 3 heterocycles. The second-order valence-corrected chi connectivity index (χ2v) is 6.34. The van der Waals surface area contributed by atoms with Gasteiger partial charge in [-0.15, -0.1) is 0 Å². The zero-order valence-corrected chi connectivity index (χ0v) is 15.1. The van der Waals surface area contributed by atoms with E-state index < -0.39 is 29.4 Å². The standard InChI is InChI=1S/C20H16N2O6/c1-11-10-15(21-28-11)22-17(12-6-3-4-7-13(12)26-2)16(19(24)20(22)25)18(23)14-8-5-9-27-14/h3-10,16-17H,1-2H3. The van der Waals surface area contributed by atoms with E-state index in [0.717, 1.165) is 0 Å². The Morgan fingerprint density at radius 2 is 1.96 bits per heavy atom. The van der Waals surface area contributed by atoms with Crippen molar-refractivity contribution in [3.63, 3.8) is 0 Å². The van der Waals surface area contributed by atoms with Crippen molar-refractivity contribution >= 4 is 23.3 Å². The summed E-state index contributed by atoms with van der Waals surface area (Å²) in [6, 6.07) is 10.5. The number of aryl methyl sites for hydroxylation is 1. The fraction of sp³-hybridized carbons (Fsp3) is 0.200. The minimum absolute atomic E-state index is 0.00392. The number of methoxy groups -OCH3 is 1. The van der Waals surface area contributed by atoms with Gasteiger partial charge in [0.15, 0.2) is 11.6 Å². The highest BCUT2D eigenvalue weighted by Crippen LogP contribution is 2.43. The Hall–Kier alpha value is -3.68. The molecule has 1 aromatic carbocycles. The summed E-state index contributed by atoms with van der Waals surface area (Å²) in [7, 11) is 1.48. The quantitative estimate of drug-likeness (QED) is 0.381. The van der Waals surface area contributed by atoms with Gasteiger partial charge in [-0.3, -0.25) is 19.3 Å². The lowest BCUT2D eigenvalue weighted by Gasteiger charge is -2.26. The van der Waals surface area contributed by atoms with E-state index in [2.05, 4.69) is 5.16 Å². The third kappa shape index (κ3) is 2.70.